The summed E-state index contributed by atoms with van der Waals surface area (Å²) in [5.41, 5.74) is 0.359. The number of carbonyl (C=O) groups is 3. The first-order valence-corrected chi connectivity index (χ1v) is 10.2. The number of carbonyl (C=O) groups excluding carboxylic acids is 3. The zero-order valence-corrected chi connectivity index (χ0v) is 17.8. The number of phenolic OH excluding ortho intramolecular Hbond substituents is 1. The molecule has 2 N–H and O–H groups in total. The Morgan fingerprint density at radius 3 is 2.45 bits per heavy atom. The first-order chi connectivity index (χ1) is 14.7. The van der Waals surface area contributed by atoms with Gasteiger partial charge in [-0.25, -0.2) is 4.79 Å². The molecule has 2 unspecified atom stereocenters. The molecular weight excluding hydrogens is 424 g/mol. The topological polar surface area (TPSA) is 136 Å². The van der Waals surface area contributed by atoms with Crippen molar-refractivity contribution in [2.45, 2.75) is 19.4 Å². The van der Waals surface area contributed by atoms with Crippen LogP contribution >= 0.6 is 11.8 Å². The molecule has 2 aromatic carbocycles. The van der Waals surface area contributed by atoms with Crippen LogP contribution in [0.2, 0.25) is 0 Å². The molecule has 0 aromatic heterocycles. The number of rotatable bonds is 9. The monoisotopic (exact) mass is 446 g/mol. The Labute approximate surface area is 182 Å². The van der Waals surface area contributed by atoms with E-state index in [-0.39, 0.29) is 16.4 Å². The molecule has 0 fully saturated rings. The Morgan fingerprint density at radius 1 is 1.19 bits per heavy atom. The summed E-state index contributed by atoms with van der Waals surface area (Å²) >= 11 is 0.994. The van der Waals surface area contributed by atoms with Gasteiger partial charge in [0.2, 0.25) is 5.91 Å². The largest absolute Gasteiger partial charge is 0.502 e. The highest BCUT2D eigenvalue weighted by Crippen LogP contribution is 2.29. The number of thioether (sulfide) groups is 1. The van der Waals surface area contributed by atoms with Crippen molar-refractivity contribution < 1.29 is 29.2 Å². The van der Waals surface area contributed by atoms with Gasteiger partial charge in [0, 0.05) is 18.7 Å². The summed E-state index contributed by atoms with van der Waals surface area (Å²) in [6, 6.07) is 11.2. The van der Waals surface area contributed by atoms with Gasteiger partial charge in [0.15, 0.2) is 16.9 Å². The summed E-state index contributed by atoms with van der Waals surface area (Å²) in [6.07, 6.45) is 0.330. The zero-order chi connectivity index (χ0) is 23.0. The first-order valence-electron chi connectivity index (χ1n) is 9.25. The van der Waals surface area contributed by atoms with Crippen LogP contribution < -0.4 is 5.32 Å². The van der Waals surface area contributed by atoms with Crippen LogP contribution in [0.15, 0.2) is 48.5 Å². The normalized spacial score (nSPS) is 12.5. The smallest absolute Gasteiger partial charge is 0.333 e. The van der Waals surface area contributed by atoms with Gasteiger partial charge in [-0.05, 0) is 23.6 Å². The molecule has 0 saturated carbocycles. The minimum absolute atomic E-state index is 0.0855. The van der Waals surface area contributed by atoms with Gasteiger partial charge in [0.05, 0.1) is 18.0 Å². The Kier molecular flexibility index (Phi) is 8.56. The third-order valence-corrected chi connectivity index (χ3v) is 5.41. The lowest BCUT2D eigenvalue weighted by Crippen LogP contribution is -2.40. The van der Waals surface area contributed by atoms with Crippen LogP contribution in [0.4, 0.5) is 5.69 Å². The van der Waals surface area contributed by atoms with E-state index < -0.39 is 40.2 Å². The van der Waals surface area contributed by atoms with Gasteiger partial charge in [-0.1, -0.05) is 48.2 Å². The quantitative estimate of drug-likeness (QED) is 0.341. The summed E-state index contributed by atoms with van der Waals surface area (Å²) in [4.78, 5) is 47.1. The Balaban J connectivity index is 2.31. The van der Waals surface area contributed by atoms with Gasteiger partial charge in [0.25, 0.3) is 0 Å². The summed E-state index contributed by atoms with van der Waals surface area (Å²) < 4.78 is 4.75. The van der Waals surface area contributed by atoms with Gasteiger partial charge in [-0.3, -0.25) is 19.7 Å². The molecule has 0 aliphatic rings. The van der Waals surface area contributed by atoms with Crippen molar-refractivity contribution in [3.63, 3.8) is 0 Å². The average Bonchev–Trinajstić information content (AvgIpc) is 2.75. The molecule has 164 valence electrons. The number of phenols is 1. The molecule has 9 nitrogen and oxygen atoms in total. The standard InChI is InChI=1S/C21H22N2O7S/c1-13(24)31-12-16(10-14-6-4-3-5-7-14)20(26)22-19(21(27)30-2)15-8-9-18(25)17(11-15)23(28)29/h3-9,11,16,19,25H,10,12H2,1-2H3,(H,22,26). The Hall–Kier alpha value is -3.40. The molecule has 0 radical (unpaired) electrons. The van der Waals surface area contributed by atoms with E-state index in [0.717, 1.165) is 36.6 Å². The number of benzene rings is 2. The number of ether oxygens (including phenoxy) is 1. The molecule has 0 aliphatic heterocycles. The number of nitro benzene ring substituents is 1. The molecule has 31 heavy (non-hydrogen) atoms. The molecule has 0 heterocycles. The third-order valence-electron chi connectivity index (χ3n) is 4.44. The highest BCUT2D eigenvalue weighted by Gasteiger charge is 2.30. The van der Waals surface area contributed by atoms with E-state index in [1.807, 2.05) is 30.3 Å². The van der Waals surface area contributed by atoms with Crippen molar-refractivity contribution in [1.29, 1.82) is 0 Å². The lowest BCUT2D eigenvalue weighted by molar-refractivity contribution is -0.385. The molecule has 10 heteroatoms. The number of nitrogens with one attached hydrogen (secondary N) is 1. The summed E-state index contributed by atoms with van der Waals surface area (Å²) in [5.74, 6) is -2.35. The van der Waals surface area contributed by atoms with Crippen LogP contribution in [-0.4, -0.2) is 39.9 Å². The molecule has 2 atom stereocenters. The van der Waals surface area contributed by atoms with E-state index in [1.54, 1.807) is 0 Å². The maximum absolute atomic E-state index is 13.0. The number of methoxy groups -OCH3 is 1. The second-order valence-corrected chi connectivity index (χ2v) is 7.86. The predicted octanol–water partition coefficient (Wildman–Crippen LogP) is 2.77. The second-order valence-electron chi connectivity index (χ2n) is 6.66. The number of aromatic hydroxyl groups is 1. The fourth-order valence-corrected chi connectivity index (χ4v) is 3.57. The van der Waals surface area contributed by atoms with E-state index in [0.29, 0.717) is 6.42 Å². The molecule has 0 bridgehead atoms. The number of nitrogens with zero attached hydrogens (tertiary/aromatic N) is 1. The maximum atomic E-state index is 13.0. The van der Waals surface area contributed by atoms with Gasteiger partial charge >= 0.3 is 11.7 Å². The van der Waals surface area contributed by atoms with Crippen molar-refractivity contribution in [1.82, 2.24) is 5.32 Å². The number of hydrogen-bond acceptors (Lipinski definition) is 8. The summed E-state index contributed by atoms with van der Waals surface area (Å²) in [6.45, 7) is 1.40. The first kappa shape index (κ1) is 23.9. The van der Waals surface area contributed by atoms with E-state index >= 15 is 0 Å². The molecule has 2 aromatic rings. The van der Waals surface area contributed by atoms with Gasteiger partial charge in [-0.2, -0.15) is 0 Å². The third kappa shape index (κ3) is 6.82. The molecule has 1 amide bonds. The van der Waals surface area contributed by atoms with Crippen LogP contribution in [0.1, 0.15) is 24.1 Å². The van der Waals surface area contributed by atoms with Crippen molar-refractivity contribution >= 4 is 34.4 Å². The molecule has 0 aliphatic carbocycles. The number of hydrogen-bond donors (Lipinski definition) is 2. The fraction of sp³-hybridized carbons (Fsp3) is 0.286. The van der Waals surface area contributed by atoms with Crippen LogP contribution in [0.25, 0.3) is 0 Å². The highest BCUT2D eigenvalue weighted by molar-refractivity contribution is 8.13. The Bertz CT molecular complexity index is 965. The number of nitro groups is 1. The minimum atomic E-state index is -1.32. The second kappa shape index (κ2) is 11.1. The molecule has 0 saturated heterocycles. The Morgan fingerprint density at radius 2 is 1.87 bits per heavy atom. The fourth-order valence-electron chi connectivity index (χ4n) is 2.87. The van der Waals surface area contributed by atoms with Crippen LogP contribution in [0.5, 0.6) is 5.75 Å². The molecule has 0 spiro atoms. The maximum Gasteiger partial charge on any atom is 0.333 e. The van der Waals surface area contributed by atoms with Crippen molar-refractivity contribution in [2.75, 3.05) is 12.9 Å². The zero-order valence-electron chi connectivity index (χ0n) is 16.9. The van der Waals surface area contributed by atoms with E-state index in [2.05, 4.69) is 5.32 Å². The van der Waals surface area contributed by atoms with Crippen molar-refractivity contribution in [3.8, 4) is 5.75 Å². The predicted molar refractivity (Wildman–Crippen MR) is 114 cm³/mol. The summed E-state index contributed by atoms with van der Waals surface area (Å²) in [5, 5.41) is 23.2. The molecular formula is C21H22N2O7S. The van der Waals surface area contributed by atoms with Crippen LogP contribution in [0, 0.1) is 16.0 Å². The number of esters is 1. The summed E-state index contributed by atoms with van der Waals surface area (Å²) in [7, 11) is 1.13. The number of amides is 1. The van der Waals surface area contributed by atoms with E-state index in [1.165, 1.54) is 13.0 Å². The molecule has 2 rings (SSSR count). The van der Waals surface area contributed by atoms with Crippen LogP contribution in [0.3, 0.4) is 0 Å². The van der Waals surface area contributed by atoms with Gasteiger partial charge in [0.1, 0.15) is 0 Å². The van der Waals surface area contributed by atoms with E-state index in [4.69, 9.17) is 4.74 Å². The van der Waals surface area contributed by atoms with Crippen molar-refractivity contribution in [2.24, 2.45) is 5.92 Å². The highest BCUT2D eigenvalue weighted by atomic mass is 32.2. The average molecular weight is 446 g/mol. The van der Waals surface area contributed by atoms with Crippen molar-refractivity contribution in [3.05, 3.63) is 69.8 Å². The van der Waals surface area contributed by atoms with E-state index in [9.17, 15) is 29.6 Å². The lowest BCUT2D eigenvalue weighted by atomic mass is 9.98. The minimum Gasteiger partial charge on any atom is -0.502 e. The lowest BCUT2D eigenvalue weighted by Gasteiger charge is -2.21. The van der Waals surface area contributed by atoms with Gasteiger partial charge in [-0.15, -0.1) is 0 Å². The van der Waals surface area contributed by atoms with Crippen LogP contribution in [-0.2, 0) is 25.5 Å². The van der Waals surface area contributed by atoms with Gasteiger partial charge < -0.3 is 15.2 Å². The SMILES string of the molecule is COC(=O)C(NC(=O)C(CSC(C)=O)Cc1ccccc1)c1ccc(O)c([N+](=O)[O-])c1.